The van der Waals surface area contributed by atoms with Crippen molar-refractivity contribution in [3.05, 3.63) is 18.0 Å². The van der Waals surface area contributed by atoms with E-state index in [2.05, 4.69) is 10.4 Å². The maximum Gasteiger partial charge on any atom is 0.0518 e. The highest BCUT2D eigenvalue weighted by Gasteiger charge is 1.96. The molecule has 4 heteroatoms. The van der Waals surface area contributed by atoms with Gasteiger partial charge in [-0.05, 0) is 31.9 Å². The molecule has 0 saturated carbocycles. The molecule has 0 amide bonds. The molecule has 0 aromatic carbocycles. The summed E-state index contributed by atoms with van der Waals surface area (Å²) in [7, 11) is 1.95. The number of nitrogens with zero attached hydrogens (tertiary/aromatic N) is 2. The predicted molar refractivity (Wildman–Crippen MR) is 55.9 cm³/mol. The second-order valence-electron chi connectivity index (χ2n) is 3.41. The van der Waals surface area contributed by atoms with Crippen molar-refractivity contribution in [2.45, 2.75) is 25.8 Å². The zero-order valence-electron chi connectivity index (χ0n) is 8.74. The van der Waals surface area contributed by atoms with E-state index in [1.165, 1.54) is 5.69 Å². The lowest BCUT2D eigenvalue weighted by Gasteiger charge is -2.04. The van der Waals surface area contributed by atoms with Gasteiger partial charge in [0.05, 0.1) is 5.69 Å². The van der Waals surface area contributed by atoms with Crippen LogP contribution in [0.4, 0.5) is 0 Å². The van der Waals surface area contributed by atoms with Gasteiger partial charge >= 0.3 is 0 Å². The third kappa shape index (κ3) is 3.89. The maximum atomic E-state index is 8.58. The quantitative estimate of drug-likeness (QED) is 0.632. The van der Waals surface area contributed by atoms with Gasteiger partial charge in [0, 0.05) is 26.4 Å². The zero-order chi connectivity index (χ0) is 10.2. The Morgan fingerprint density at radius 1 is 1.43 bits per heavy atom. The Kier molecular flexibility index (Phi) is 5.25. The number of aliphatic hydroxyl groups excluding tert-OH is 1. The molecule has 0 atom stereocenters. The van der Waals surface area contributed by atoms with Crippen molar-refractivity contribution in [3.63, 3.8) is 0 Å². The minimum atomic E-state index is 0.307. The van der Waals surface area contributed by atoms with Crippen molar-refractivity contribution in [3.8, 4) is 0 Å². The molecule has 1 aromatic rings. The Labute approximate surface area is 84.9 Å². The highest BCUT2D eigenvalue weighted by atomic mass is 16.2. The number of hydrogen-bond acceptors (Lipinski definition) is 3. The minimum Gasteiger partial charge on any atom is -0.396 e. The second-order valence-corrected chi connectivity index (χ2v) is 3.41. The van der Waals surface area contributed by atoms with Crippen LogP contribution in [0.1, 0.15) is 25.0 Å². The molecule has 2 N–H and O–H groups in total. The van der Waals surface area contributed by atoms with Crippen LogP contribution in [0.3, 0.4) is 0 Å². The topological polar surface area (TPSA) is 50.1 Å². The first kappa shape index (κ1) is 11.2. The summed E-state index contributed by atoms with van der Waals surface area (Å²) in [6.07, 6.45) is 4.93. The molecule has 1 rings (SSSR count). The van der Waals surface area contributed by atoms with Crippen LogP contribution in [0, 0.1) is 0 Å². The average Bonchev–Trinajstić information content (AvgIpc) is 2.58. The lowest BCUT2D eigenvalue weighted by atomic mass is 10.2. The summed E-state index contributed by atoms with van der Waals surface area (Å²) in [5.41, 5.74) is 1.20. The highest BCUT2D eigenvalue weighted by Crippen LogP contribution is 1.96. The van der Waals surface area contributed by atoms with E-state index < -0.39 is 0 Å². The molecule has 0 aliphatic carbocycles. The van der Waals surface area contributed by atoms with Crippen molar-refractivity contribution >= 4 is 0 Å². The fourth-order valence-corrected chi connectivity index (χ4v) is 1.33. The van der Waals surface area contributed by atoms with Crippen LogP contribution < -0.4 is 5.32 Å². The molecule has 4 nitrogen and oxygen atoms in total. The largest absolute Gasteiger partial charge is 0.396 e. The minimum absolute atomic E-state index is 0.307. The summed E-state index contributed by atoms with van der Waals surface area (Å²) >= 11 is 0. The first-order chi connectivity index (χ1) is 6.84. The van der Waals surface area contributed by atoms with Crippen molar-refractivity contribution < 1.29 is 5.11 Å². The van der Waals surface area contributed by atoms with Crippen molar-refractivity contribution in [1.82, 2.24) is 15.1 Å². The van der Waals surface area contributed by atoms with Gasteiger partial charge in [-0.3, -0.25) is 4.68 Å². The van der Waals surface area contributed by atoms with E-state index in [-0.39, 0.29) is 0 Å². The molecular weight excluding hydrogens is 178 g/mol. The Balaban J connectivity index is 2.02. The van der Waals surface area contributed by atoms with Gasteiger partial charge in [0.2, 0.25) is 0 Å². The van der Waals surface area contributed by atoms with E-state index in [4.69, 9.17) is 5.11 Å². The van der Waals surface area contributed by atoms with Gasteiger partial charge in [0.15, 0.2) is 0 Å². The molecule has 0 aliphatic heterocycles. The molecule has 0 bridgehead atoms. The van der Waals surface area contributed by atoms with Crippen LogP contribution in [0.15, 0.2) is 12.3 Å². The molecule has 0 unspecified atom stereocenters. The lowest BCUT2D eigenvalue weighted by Crippen LogP contribution is -2.16. The van der Waals surface area contributed by atoms with Crippen LogP contribution in [0.25, 0.3) is 0 Å². The molecule has 0 radical (unpaired) electrons. The second kappa shape index (κ2) is 6.56. The molecule has 1 aromatic heterocycles. The van der Waals surface area contributed by atoms with Crippen LogP contribution in [0.5, 0.6) is 0 Å². The van der Waals surface area contributed by atoms with Crippen LogP contribution in [-0.2, 0) is 13.6 Å². The predicted octanol–water partition coefficient (Wildman–Crippen LogP) is 0.672. The van der Waals surface area contributed by atoms with Gasteiger partial charge in [-0.25, -0.2) is 0 Å². The summed E-state index contributed by atoms with van der Waals surface area (Å²) < 4.78 is 1.88. The fraction of sp³-hybridized carbons (Fsp3) is 0.700. The zero-order valence-corrected chi connectivity index (χ0v) is 8.74. The van der Waals surface area contributed by atoms with E-state index >= 15 is 0 Å². The molecule has 0 fully saturated rings. The monoisotopic (exact) mass is 197 g/mol. The third-order valence-corrected chi connectivity index (χ3v) is 2.24. The van der Waals surface area contributed by atoms with Gasteiger partial charge in [-0.1, -0.05) is 0 Å². The Morgan fingerprint density at radius 3 is 2.93 bits per heavy atom. The number of aryl methyl sites for hydroxylation is 1. The first-order valence-electron chi connectivity index (χ1n) is 5.13. The van der Waals surface area contributed by atoms with Gasteiger partial charge in [-0.15, -0.1) is 0 Å². The highest BCUT2D eigenvalue weighted by molar-refractivity contribution is 4.98. The molecule has 80 valence electrons. The van der Waals surface area contributed by atoms with Gasteiger partial charge in [0.1, 0.15) is 0 Å². The molecule has 0 spiro atoms. The van der Waals surface area contributed by atoms with E-state index in [1.807, 2.05) is 24.0 Å². The number of hydrogen-bond donors (Lipinski definition) is 2. The number of aromatic nitrogens is 2. The number of unbranched alkanes of at least 4 members (excludes halogenated alkanes) is 2. The van der Waals surface area contributed by atoms with E-state index in [0.717, 1.165) is 32.4 Å². The molecule has 0 saturated heterocycles. The molecule has 1 heterocycles. The average molecular weight is 197 g/mol. The Bertz CT molecular complexity index is 247. The van der Waals surface area contributed by atoms with Crippen LogP contribution in [0.2, 0.25) is 0 Å². The number of aliphatic hydroxyl groups is 1. The SMILES string of the molecule is Cn1nccc1CNCCCCCO. The van der Waals surface area contributed by atoms with E-state index in [0.29, 0.717) is 6.61 Å². The third-order valence-electron chi connectivity index (χ3n) is 2.24. The maximum absolute atomic E-state index is 8.58. The van der Waals surface area contributed by atoms with Crippen LogP contribution >= 0.6 is 0 Å². The molecule has 0 aliphatic rings. The molecule has 14 heavy (non-hydrogen) atoms. The van der Waals surface area contributed by atoms with Gasteiger partial charge in [0.25, 0.3) is 0 Å². The summed E-state index contributed by atoms with van der Waals surface area (Å²) in [6, 6.07) is 2.01. The first-order valence-corrected chi connectivity index (χ1v) is 5.13. The van der Waals surface area contributed by atoms with E-state index in [1.54, 1.807) is 0 Å². The van der Waals surface area contributed by atoms with E-state index in [9.17, 15) is 0 Å². The Morgan fingerprint density at radius 2 is 2.29 bits per heavy atom. The summed E-state index contributed by atoms with van der Waals surface area (Å²) in [6.45, 7) is 2.18. The standard InChI is InChI=1S/C10H19N3O/c1-13-10(5-7-12-13)9-11-6-3-2-4-8-14/h5,7,11,14H,2-4,6,8-9H2,1H3. The summed E-state index contributed by atoms with van der Waals surface area (Å²) in [5, 5.41) is 16.0. The van der Waals surface area contributed by atoms with Crippen molar-refractivity contribution in [2.75, 3.05) is 13.2 Å². The van der Waals surface area contributed by atoms with Crippen molar-refractivity contribution in [2.24, 2.45) is 7.05 Å². The summed E-state index contributed by atoms with van der Waals surface area (Å²) in [4.78, 5) is 0. The smallest absolute Gasteiger partial charge is 0.0518 e. The van der Waals surface area contributed by atoms with Gasteiger partial charge in [-0.2, -0.15) is 5.10 Å². The molecular formula is C10H19N3O. The Hall–Kier alpha value is -0.870. The van der Waals surface area contributed by atoms with Crippen LogP contribution in [-0.4, -0.2) is 28.0 Å². The lowest BCUT2D eigenvalue weighted by molar-refractivity contribution is 0.283. The van der Waals surface area contributed by atoms with Crippen molar-refractivity contribution in [1.29, 1.82) is 0 Å². The fourth-order valence-electron chi connectivity index (χ4n) is 1.33. The normalized spacial score (nSPS) is 10.7. The summed E-state index contributed by atoms with van der Waals surface area (Å²) in [5.74, 6) is 0. The number of rotatable bonds is 7. The number of nitrogens with one attached hydrogen (secondary N) is 1. The van der Waals surface area contributed by atoms with Gasteiger partial charge < -0.3 is 10.4 Å².